The third-order valence-corrected chi connectivity index (χ3v) is 4.77. The molecule has 2 aliphatic carbocycles. The predicted molar refractivity (Wildman–Crippen MR) is 72.0 cm³/mol. The van der Waals surface area contributed by atoms with Gasteiger partial charge in [-0.2, -0.15) is 0 Å². The molecule has 3 rings (SSSR count). The van der Waals surface area contributed by atoms with Crippen LogP contribution in [0.2, 0.25) is 0 Å². The number of aryl methyl sites for hydroxylation is 2. The summed E-state index contributed by atoms with van der Waals surface area (Å²) in [7, 11) is 2.12. The number of rotatable bonds is 3. The normalized spacial score (nSPS) is 32.3. The van der Waals surface area contributed by atoms with Crippen molar-refractivity contribution < 1.29 is 0 Å². The molecule has 0 aliphatic heterocycles. The number of benzene rings is 1. The molecule has 3 atom stereocenters. The van der Waals surface area contributed by atoms with Crippen molar-refractivity contribution in [3.8, 4) is 0 Å². The summed E-state index contributed by atoms with van der Waals surface area (Å²) < 4.78 is 0. The molecule has 0 spiro atoms. The molecule has 0 aromatic heterocycles. The maximum Gasteiger partial charge on any atom is 0.0351 e. The second-order valence-corrected chi connectivity index (χ2v) is 6.02. The van der Waals surface area contributed by atoms with Crippen LogP contribution in [0.15, 0.2) is 18.2 Å². The number of fused-ring (bicyclic) bond motifs is 1. The molecule has 92 valence electrons. The average Bonchev–Trinajstić information content (AvgIpc) is 2.73. The number of hydrogen-bond acceptors (Lipinski definition) is 1. The van der Waals surface area contributed by atoms with E-state index < -0.39 is 0 Å². The van der Waals surface area contributed by atoms with Gasteiger partial charge in [0.1, 0.15) is 0 Å². The van der Waals surface area contributed by atoms with Gasteiger partial charge in [-0.15, -0.1) is 0 Å². The molecular weight excluding hydrogens is 206 g/mol. The van der Waals surface area contributed by atoms with Crippen LogP contribution in [-0.4, -0.2) is 7.05 Å². The van der Waals surface area contributed by atoms with Crippen LogP contribution >= 0.6 is 0 Å². The molecule has 1 aromatic rings. The van der Waals surface area contributed by atoms with Crippen molar-refractivity contribution in [3.05, 3.63) is 34.9 Å². The summed E-state index contributed by atoms with van der Waals surface area (Å²) in [4.78, 5) is 0. The lowest BCUT2D eigenvalue weighted by atomic mass is 9.94. The Morgan fingerprint density at radius 3 is 2.18 bits per heavy atom. The van der Waals surface area contributed by atoms with Crippen molar-refractivity contribution >= 4 is 0 Å². The van der Waals surface area contributed by atoms with Gasteiger partial charge in [0, 0.05) is 6.04 Å². The van der Waals surface area contributed by atoms with E-state index in [4.69, 9.17) is 0 Å². The smallest absolute Gasteiger partial charge is 0.0351 e. The summed E-state index contributed by atoms with van der Waals surface area (Å²) in [6, 6.07) is 7.58. The van der Waals surface area contributed by atoms with Crippen LogP contribution in [0.1, 0.15) is 42.0 Å². The van der Waals surface area contributed by atoms with E-state index in [1.165, 1.54) is 36.0 Å². The minimum absolute atomic E-state index is 0.587. The van der Waals surface area contributed by atoms with E-state index in [0.29, 0.717) is 6.04 Å². The summed E-state index contributed by atoms with van der Waals surface area (Å²) >= 11 is 0. The highest BCUT2D eigenvalue weighted by molar-refractivity contribution is 5.32. The van der Waals surface area contributed by atoms with Crippen molar-refractivity contribution in [2.75, 3.05) is 7.05 Å². The lowest BCUT2D eigenvalue weighted by molar-refractivity contribution is 0.444. The fourth-order valence-corrected chi connectivity index (χ4v) is 4.14. The van der Waals surface area contributed by atoms with E-state index in [2.05, 4.69) is 44.4 Å². The van der Waals surface area contributed by atoms with E-state index in [9.17, 15) is 0 Å². The molecule has 2 aliphatic rings. The van der Waals surface area contributed by atoms with E-state index in [-0.39, 0.29) is 0 Å². The lowest BCUT2D eigenvalue weighted by Crippen LogP contribution is -2.20. The fourth-order valence-electron chi connectivity index (χ4n) is 4.14. The van der Waals surface area contributed by atoms with E-state index in [1.807, 2.05) is 0 Å². The first kappa shape index (κ1) is 11.3. The molecule has 2 saturated carbocycles. The highest BCUT2D eigenvalue weighted by Gasteiger charge is 2.55. The van der Waals surface area contributed by atoms with Gasteiger partial charge in [-0.1, -0.05) is 35.7 Å². The zero-order valence-electron chi connectivity index (χ0n) is 11.2. The Hall–Kier alpha value is -0.820. The summed E-state index contributed by atoms with van der Waals surface area (Å²) in [5.74, 6) is 2.96. The topological polar surface area (TPSA) is 12.0 Å². The highest BCUT2D eigenvalue weighted by Crippen LogP contribution is 2.62. The molecule has 0 saturated heterocycles. The van der Waals surface area contributed by atoms with Crippen LogP contribution in [0.3, 0.4) is 0 Å². The molecule has 1 nitrogen and oxygen atoms in total. The quantitative estimate of drug-likeness (QED) is 0.835. The fraction of sp³-hybridized carbons (Fsp3) is 0.625. The number of hydrogen-bond donors (Lipinski definition) is 1. The Kier molecular flexibility index (Phi) is 2.74. The van der Waals surface area contributed by atoms with Crippen molar-refractivity contribution in [3.63, 3.8) is 0 Å². The summed E-state index contributed by atoms with van der Waals surface area (Å²) in [6.07, 6.45) is 4.41. The Labute approximate surface area is 105 Å². The molecule has 1 N–H and O–H groups in total. The molecule has 0 radical (unpaired) electrons. The van der Waals surface area contributed by atoms with Crippen LogP contribution in [-0.2, 0) is 0 Å². The first-order chi connectivity index (χ1) is 8.20. The summed E-state index contributed by atoms with van der Waals surface area (Å²) in [5, 5.41) is 3.56. The third-order valence-electron chi connectivity index (χ3n) is 4.77. The van der Waals surface area contributed by atoms with Gasteiger partial charge in [-0.05, 0) is 57.1 Å². The molecule has 3 unspecified atom stereocenters. The Bertz CT molecular complexity index is 393. The maximum absolute atomic E-state index is 3.56. The van der Waals surface area contributed by atoms with Gasteiger partial charge in [0.25, 0.3) is 0 Å². The zero-order chi connectivity index (χ0) is 12.0. The molecule has 2 fully saturated rings. The molecule has 17 heavy (non-hydrogen) atoms. The van der Waals surface area contributed by atoms with Crippen LogP contribution in [0.4, 0.5) is 0 Å². The van der Waals surface area contributed by atoms with Crippen LogP contribution in [0.5, 0.6) is 0 Å². The predicted octanol–water partition coefficient (Wildman–Crippen LogP) is 3.61. The minimum Gasteiger partial charge on any atom is -0.313 e. The average molecular weight is 229 g/mol. The maximum atomic E-state index is 3.56. The Balaban J connectivity index is 1.85. The van der Waals surface area contributed by atoms with Gasteiger partial charge in [0.05, 0.1) is 0 Å². The first-order valence-electron chi connectivity index (χ1n) is 6.96. The van der Waals surface area contributed by atoms with E-state index in [1.54, 1.807) is 0 Å². The van der Waals surface area contributed by atoms with Crippen LogP contribution < -0.4 is 5.32 Å². The van der Waals surface area contributed by atoms with Gasteiger partial charge < -0.3 is 5.32 Å². The standard InChI is InChI=1S/C16H23N/c1-10-7-11(2)9-12(8-10)16(17-3)15-13-5-4-6-14(13)15/h7-9,13-17H,4-6H2,1-3H3. The van der Waals surface area contributed by atoms with Crippen molar-refractivity contribution in [2.24, 2.45) is 17.8 Å². The van der Waals surface area contributed by atoms with Gasteiger partial charge >= 0.3 is 0 Å². The largest absolute Gasteiger partial charge is 0.313 e. The Morgan fingerprint density at radius 1 is 1.06 bits per heavy atom. The molecule has 1 aromatic carbocycles. The van der Waals surface area contributed by atoms with E-state index in [0.717, 1.165) is 17.8 Å². The van der Waals surface area contributed by atoms with Crippen molar-refractivity contribution in [1.82, 2.24) is 5.32 Å². The lowest BCUT2D eigenvalue weighted by Gasteiger charge is -2.20. The van der Waals surface area contributed by atoms with Crippen LogP contribution in [0.25, 0.3) is 0 Å². The van der Waals surface area contributed by atoms with Crippen molar-refractivity contribution in [2.45, 2.75) is 39.2 Å². The molecule has 0 heterocycles. The molecule has 0 amide bonds. The second-order valence-electron chi connectivity index (χ2n) is 6.02. The molecular formula is C16H23N. The third kappa shape index (κ3) is 1.91. The van der Waals surface area contributed by atoms with Gasteiger partial charge in [-0.25, -0.2) is 0 Å². The zero-order valence-corrected chi connectivity index (χ0v) is 11.2. The van der Waals surface area contributed by atoms with E-state index >= 15 is 0 Å². The molecule has 1 heteroatoms. The SMILES string of the molecule is CNC(c1cc(C)cc(C)c1)C1C2CCCC21. The second kappa shape index (κ2) is 4.13. The van der Waals surface area contributed by atoms with Gasteiger partial charge in [0.15, 0.2) is 0 Å². The minimum atomic E-state index is 0.587. The van der Waals surface area contributed by atoms with Gasteiger partial charge in [-0.3, -0.25) is 0 Å². The molecule has 0 bridgehead atoms. The summed E-state index contributed by atoms with van der Waals surface area (Å²) in [6.45, 7) is 4.41. The monoisotopic (exact) mass is 229 g/mol. The van der Waals surface area contributed by atoms with Crippen molar-refractivity contribution in [1.29, 1.82) is 0 Å². The summed E-state index contributed by atoms with van der Waals surface area (Å²) in [5.41, 5.74) is 4.29. The van der Waals surface area contributed by atoms with Crippen LogP contribution in [0, 0.1) is 31.6 Å². The van der Waals surface area contributed by atoms with Gasteiger partial charge in [0.2, 0.25) is 0 Å². The Morgan fingerprint density at radius 2 is 1.65 bits per heavy atom. The highest BCUT2D eigenvalue weighted by atomic mass is 14.9. The number of nitrogens with one attached hydrogen (secondary N) is 1. The first-order valence-corrected chi connectivity index (χ1v) is 6.96.